The molecule has 0 saturated carbocycles. The molecule has 0 aliphatic carbocycles. The zero-order valence-corrected chi connectivity index (χ0v) is 10.0. The van der Waals surface area contributed by atoms with Crippen molar-refractivity contribution in [1.82, 2.24) is 0 Å². The third kappa shape index (κ3) is 9.59. The van der Waals surface area contributed by atoms with Crippen LogP contribution in [0.4, 0.5) is 0 Å². The molecule has 0 aromatic heterocycles. The summed E-state index contributed by atoms with van der Waals surface area (Å²) < 4.78 is 10.3. The standard InChI is InChI=1S/C7H8.C4H11NO2S/c1-7-5-3-2-4-6-7;1-8(7)3-4(5)2-6/h2-6H,1H3;4,6H,2-3,5H2,1H3/t;4-,8?/m.1/s1. The van der Waals surface area contributed by atoms with E-state index in [-0.39, 0.29) is 12.6 Å². The summed E-state index contributed by atoms with van der Waals surface area (Å²) in [5.41, 5.74) is 6.55. The Kier molecular flexibility index (Phi) is 8.18. The highest BCUT2D eigenvalue weighted by atomic mass is 32.2. The molecule has 1 aromatic rings. The largest absolute Gasteiger partial charge is 0.395 e. The average Bonchev–Trinajstić information content (AvgIpc) is 2.19. The summed E-state index contributed by atoms with van der Waals surface area (Å²) in [6.07, 6.45) is 1.56. The van der Waals surface area contributed by atoms with Crippen LogP contribution < -0.4 is 5.73 Å². The van der Waals surface area contributed by atoms with E-state index in [1.807, 2.05) is 18.2 Å². The van der Waals surface area contributed by atoms with Crippen LogP contribution in [0.1, 0.15) is 5.56 Å². The highest BCUT2D eigenvalue weighted by Crippen LogP contribution is 1.92. The number of aliphatic hydroxyl groups is 1. The van der Waals surface area contributed by atoms with E-state index < -0.39 is 10.8 Å². The fraction of sp³-hybridized carbons (Fsp3) is 0.455. The van der Waals surface area contributed by atoms with Crippen molar-refractivity contribution in [3.63, 3.8) is 0 Å². The molecule has 1 unspecified atom stereocenters. The van der Waals surface area contributed by atoms with Gasteiger partial charge in [0, 0.05) is 28.9 Å². The number of nitrogens with two attached hydrogens (primary N) is 1. The summed E-state index contributed by atoms with van der Waals surface area (Å²) in [5.74, 6) is 0.385. The van der Waals surface area contributed by atoms with E-state index in [9.17, 15) is 4.21 Å². The van der Waals surface area contributed by atoms with Crippen molar-refractivity contribution in [1.29, 1.82) is 0 Å². The van der Waals surface area contributed by atoms with Crippen LogP contribution in [0.25, 0.3) is 0 Å². The number of hydrogen-bond donors (Lipinski definition) is 2. The molecule has 4 heteroatoms. The predicted molar refractivity (Wildman–Crippen MR) is 65.2 cm³/mol. The van der Waals surface area contributed by atoms with Gasteiger partial charge in [0.05, 0.1) is 6.61 Å². The molecular formula is C11H19NO2S. The van der Waals surface area contributed by atoms with Crippen LogP contribution in [0.3, 0.4) is 0 Å². The monoisotopic (exact) mass is 229 g/mol. The molecule has 2 atom stereocenters. The molecule has 0 heterocycles. The number of hydrogen-bond acceptors (Lipinski definition) is 3. The van der Waals surface area contributed by atoms with Gasteiger partial charge in [-0.3, -0.25) is 4.21 Å². The molecule has 3 N–H and O–H groups in total. The number of rotatable bonds is 3. The van der Waals surface area contributed by atoms with E-state index in [1.54, 1.807) is 6.26 Å². The molecule has 0 fully saturated rings. The van der Waals surface area contributed by atoms with Crippen LogP contribution in [-0.2, 0) is 10.8 Å². The minimum atomic E-state index is -0.881. The number of aryl methyl sites for hydroxylation is 1. The maximum atomic E-state index is 10.3. The topological polar surface area (TPSA) is 63.3 Å². The Balaban J connectivity index is 0.000000262. The van der Waals surface area contributed by atoms with Gasteiger partial charge in [-0.2, -0.15) is 0 Å². The maximum Gasteiger partial charge on any atom is 0.0591 e. The predicted octanol–water partition coefficient (Wildman–Crippen LogP) is 0.680. The summed E-state index contributed by atoms with van der Waals surface area (Å²) in [4.78, 5) is 0. The van der Waals surface area contributed by atoms with E-state index in [0.29, 0.717) is 5.75 Å². The van der Waals surface area contributed by atoms with Gasteiger partial charge in [0.15, 0.2) is 0 Å². The smallest absolute Gasteiger partial charge is 0.0591 e. The molecule has 0 radical (unpaired) electrons. The summed E-state index contributed by atoms with van der Waals surface area (Å²) in [6, 6.07) is 9.94. The molecule has 0 spiro atoms. The number of aliphatic hydroxyl groups excluding tert-OH is 1. The van der Waals surface area contributed by atoms with Gasteiger partial charge in [-0.1, -0.05) is 35.9 Å². The second-order valence-electron chi connectivity index (χ2n) is 3.34. The zero-order valence-electron chi connectivity index (χ0n) is 9.22. The van der Waals surface area contributed by atoms with Gasteiger partial charge in [-0.05, 0) is 6.92 Å². The van der Waals surface area contributed by atoms with Crippen molar-refractivity contribution in [3.05, 3.63) is 35.9 Å². The van der Waals surface area contributed by atoms with Crippen LogP contribution in [0.15, 0.2) is 30.3 Å². The van der Waals surface area contributed by atoms with Crippen molar-refractivity contribution in [2.75, 3.05) is 18.6 Å². The molecule has 0 aliphatic rings. The fourth-order valence-electron chi connectivity index (χ4n) is 0.889. The average molecular weight is 229 g/mol. The van der Waals surface area contributed by atoms with Crippen LogP contribution in [0, 0.1) is 6.92 Å². The van der Waals surface area contributed by atoms with Gasteiger partial charge >= 0.3 is 0 Å². The first kappa shape index (κ1) is 14.3. The first-order valence-electron chi connectivity index (χ1n) is 4.74. The molecular weight excluding hydrogens is 210 g/mol. The fourth-order valence-corrected chi connectivity index (χ4v) is 1.60. The molecule has 3 nitrogen and oxygen atoms in total. The molecule has 86 valence electrons. The van der Waals surface area contributed by atoms with E-state index in [2.05, 4.69) is 19.1 Å². The molecule has 1 aromatic carbocycles. The van der Waals surface area contributed by atoms with Gasteiger partial charge in [0.25, 0.3) is 0 Å². The molecule has 0 aliphatic heterocycles. The zero-order chi connectivity index (χ0) is 11.7. The molecule has 0 saturated heterocycles. The lowest BCUT2D eigenvalue weighted by Crippen LogP contribution is -2.30. The van der Waals surface area contributed by atoms with Crippen molar-refractivity contribution in [2.24, 2.45) is 5.73 Å². The highest BCUT2D eigenvalue weighted by Gasteiger charge is 2.00. The second-order valence-corrected chi connectivity index (χ2v) is 4.82. The molecule has 0 amide bonds. The lowest BCUT2D eigenvalue weighted by molar-refractivity contribution is 0.275. The molecule has 15 heavy (non-hydrogen) atoms. The van der Waals surface area contributed by atoms with Crippen LogP contribution >= 0.6 is 0 Å². The van der Waals surface area contributed by atoms with Crippen molar-refractivity contribution >= 4 is 10.8 Å². The Labute approximate surface area is 93.8 Å². The van der Waals surface area contributed by atoms with E-state index in [1.165, 1.54) is 5.56 Å². The van der Waals surface area contributed by atoms with Crippen LogP contribution in [0.2, 0.25) is 0 Å². The Morgan fingerprint density at radius 2 is 1.93 bits per heavy atom. The Hall–Kier alpha value is -0.710. The third-order valence-electron chi connectivity index (χ3n) is 1.62. The lowest BCUT2D eigenvalue weighted by atomic mass is 10.2. The highest BCUT2D eigenvalue weighted by molar-refractivity contribution is 7.84. The quantitative estimate of drug-likeness (QED) is 0.801. The first-order chi connectivity index (χ1) is 7.06. The Morgan fingerprint density at radius 1 is 1.40 bits per heavy atom. The summed E-state index contributed by atoms with van der Waals surface area (Å²) in [7, 11) is -0.881. The number of benzene rings is 1. The van der Waals surface area contributed by atoms with Gasteiger partial charge in [-0.15, -0.1) is 0 Å². The van der Waals surface area contributed by atoms with Crippen molar-refractivity contribution < 1.29 is 9.32 Å². The van der Waals surface area contributed by atoms with Gasteiger partial charge in [0.1, 0.15) is 0 Å². The van der Waals surface area contributed by atoms with Crippen molar-refractivity contribution in [2.45, 2.75) is 13.0 Å². The van der Waals surface area contributed by atoms with E-state index in [0.717, 1.165) is 0 Å². The van der Waals surface area contributed by atoms with E-state index in [4.69, 9.17) is 10.8 Å². The first-order valence-corrected chi connectivity index (χ1v) is 6.47. The third-order valence-corrected chi connectivity index (χ3v) is 2.52. The minimum Gasteiger partial charge on any atom is -0.395 e. The minimum absolute atomic E-state index is 0.0837. The van der Waals surface area contributed by atoms with Gasteiger partial charge in [-0.25, -0.2) is 0 Å². The lowest BCUT2D eigenvalue weighted by Gasteiger charge is -2.02. The summed E-state index contributed by atoms with van der Waals surface area (Å²) in [6.45, 7) is 2.00. The van der Waals surface area contributed by atoms with Gasteiger partial charge in [0.2, 0.25) is 0 Å². The second kappa shape index (κ2) is 8.59. The Bertz CT molecular complexity index is 277. The summed E-state index contributed by atoms with van der Waals surface area (Å²) >= 11 is 0. The SMILES string of the molecule is CS(=O)C[C@H](N)CO.Cc1ccccc1. The maximum absolute atomic E-state index is 10.3. The van der Waals surface area contributed by atoms with Gasteiger partial charge < -0.3 is 10.8 Å². The van der Waals surface area contributed by atoms with Crippen LogP contribution in [-0.4, -0.2) is 34.0 Å². The Morgan fingerprint density at radius 3 is 2.13 bits per heavy atom. The summed E-state index contributed by atoms with van der Waals surface area (Å²) in [5, 5.41) is 8.32. The molecule has 1 rings (SSSR count). The van der Waals surface area contributed by atoms with Crippen molar-refractivity contribution in [3.8, 4) is 0 Å². The van der Waals surface area contributed by atoms with Crippen LogP contribution in [0.5, 0.6) is 0 Å². The molecule has 0 bridgehead atoms. The van der Waals surface area contributed by atoms with E-state index >= 15 is 0 Å². The normalized spacial score (nSPS) is 13.6.